The number of ether oxygens (including phenoxy) is 1. The van der Waals surface area contributed by atoms with Gasteiger partial charge in [0.1, 0.15) is 11.6 Å². The van der Waals surface area contributed by atoms with Crippen LogP contribution in [0.3, 0.4) is 0 Å². The van der Waals surface area contributed by atoms with Crippen molar-refractivity contribution in [2.24, 2.45) is 5.10 Å². The summed E-state index contributed by atoms with van der Waals surface area (Å²) in [5, 5.41) is 4.17. The Labute approximate surface area is 124 Å². The minimum Gasteiger partial charge on any atom is -0.490 e. The Morgan fingerprint density at radius 3 is 2.62 bits per heavy atom. The number of rotatable bonds is 5. The highest BCUT2D eigenvalue weighted by molar-refractivity contribution is 5.80. The molecule has 0 unspecified atom stereocenters. The number of anilines is 1. The molecule has 1 aliphatic carbocycles. The average molecular weight is 281 g/mol. The van der Waals surface area contributed by atoms with E-state index in [0.29, 0.717) is 6.10 Å². The lowest BCUT2D eigenvalue weighted by Gasteiger charge is -2.12. The fourth-order valence-electron chi connectivity index (χ4n) is 2.43. The molecule has 0 bridgehead atoms. The minimum absolute atomic E-state index is 0.398. The molecule has 21 heavy (non-hydrogen) atoms. The van der Waals surface area contributed by atoms with Crippen LogP contribution in [0, 0.1) is 0 Å². The zero-order chi connectivity index (χ0) is 14.3. The van der Waals surface area contributed by atoms with Gasteiger partial charge in [-0.2, -0.15) is 5.10 Å². The molecule has 4 heteroatoms. The molecule has 1 aliphatic rings. The van der Waals surface area contributed by atoms with Crippen LogP contribution in [-0.2, 0) is 0 Å². The SMILES string of the molecule is C(=NNc1ccccn1)c1ccc(OC2CCCC2)cc1. The largest absolute Gasteiger partial charge is 0.490 e. The van der Waals surface area contributed by atoms with E-state index < -0.39 is 0 Å². The second-order valence-corrected chi connectivity index (χ2v) is 5.18. The van der Waals surface area contributed by atoms with E-state index in [1.54, 1.807) is 12.4 Å². The number of benzene rings is 1. The van der Waals surface area contributed by atoms with E-state index in [-0.39, 0.29) is 0 Å². The van der Waals surface area contributed by atoms with Crippen LogP contribution in [0.25, 0.3) is 0 Å². The molecule has 108 valence electrons. The second kappa shape index (κ2) is 6.88. The molecule has 3 rings (SSSR count). The third-order valence-electron chi connectivity index (χ3n) is 3.54. The van der Waals surface area contributed by atoms with E-state index in [1.807, 2.05) is 42.5 Å². The number of pyridine rings is 1. The van der Waals surface area contributed by atoms with Crippen LogP contribution in [0.2, 0.25) is 0 Å². The predicted octanol–water partition coefficient (Wildman–Crippen LogP) is 3.85. The standard InChI is InChI=1S/C17H19N3O/c1-2-6-15(5-1)21-16-10-8-14(9-11-16)13-19-20-17-7-3-4-12-18-17/h3-4,7-13,15H,1-2,5-6H2,(H,18,20). The lowest BCUT2D eigenvalue weighted by atomic mass is 10.2. The van der Waals surface area contributed by atoms with E-state index in [1.165, 1.54) is 25.7 Å². The van der Waals surface area contributed by atoms with Crippen molar-refractivity contribution in [3.8, 4) is 5.75 Å². The van der Waals surface area contributed by atoms with Gasteiger partial charge in [-0.15, -0.1) is 0 Å². The molecular weight excluding hydrogens is 262 g/mol. The van der Waals surface area contributed by atoms with Crippen LogP contribution < -0.4 is 10.2 Å². The van der Waals surface area contributed by atoms with Gasteiger partial charge in [-0.25, -0.2) is 4.98 Å². The Bertz CT molecular complexity index is 575. The van der Waals surface area contributed by atoms with Gasteiger partial charge in [0.2, 0.25) is 0 Å². The van der Waals surface area contributed by atoms with Gasteiger partial charge in [0, 0.05) is 6.20 Å². The lowest BCUT2D eigenvalue weighted by molar-refractivity contribution is 0.210. The molecule has 0 saturated heterocycles. The summed E-state index contributed by atoms with van der Waals surface area (Å²) in [5.74, 6) is 1.67. The number of nitrogens with one attached hydrogen (secondary N) is 1. The van der Waals surface area contributed by atoms with Crippen molar-refractivity contribution in [2.45, 2.75) is 31.8 Å². The van der Waals surface area contributed by atoms with Gasteiger partial charge in [0.15, 0.2) is 0 Å². The van der Waals surface area contributed by atoms with Crippen LogP contribution in [0.5, 0.6) is 5.75 Å². The molecule has 0 aliphatic heterocycles. The van der Waals surface area contributed by atoms with Crippen molar-refractivity contribution >= 4 is 12.0 Å². The average Bonchev–Trinajstić information content (AvgIpc) is 3.03. The number of hydrogen-bond acceptors (Lipinski definition) is 4. The summed E-state index contributed by atoms with van der Waals surface area (Å²) >= 11 is 0. The van der Waals surface area contributed by atoms with E-state index in [2.05, 4.69) is 15.5 Å². The molecule has 4 nitrogen and oxygen atoms in total. The topological polar surface area (TPSA) is 46.5 Å². The maximum absolute atomic E-state index is 5.93. The van der Waals surface area contributed by atoms with Gasteiger partial charge in [-0.3, -0.25) is 5.43 Å². The number of nitrogens with zero attached hydrogens (tertiary/aromatic N) is 2. The second-order valence-electron chi connectivity index (χ2n) is 5.18. The molecule has 1 fully saturated rings. The fraction of sp³-hybridized carbons (Fsp3) is 0.294. The van der Waals surface area contributed by atoms with Gasteiger partial charge < -0.3 is 4.74 Å². The van der Waals surface area contributed by atoms with Gasteiger partial charge in [0.05, 0.1) is 12.3 Å². The zero-order valence-corrected chi connectivity index (χ0v) is 11.9. The van der Waals surface area contributed by atoms with Gasteiger partial charge in [-0.1, -0.05) is 6.07 Å². The molecular formula is C17H19N3O. The summed E-state index contributed by atoms with van der Waals surface area (Å²) in [6.07, 6.45) is 8.83. The summed E-state index contributed by atoms with van der Waals surface area (Å²) in [4.78, 5) is 4.14. The number of hydrazone groups is 1. The van der Waals surface area contributed by atoms with Crippen LogP contribution in [0.1, 0.15) is 31.2 Å². The third-order valence-corrected chi connectivity index (χ3v) is 3.54. The highest BCUT2D eigenvalue weighted by Crippen LogP contribution is 2.24. The lowest BCUT2D eigenvalue weighted by Crippen LogP contribution is -2.10. The predicted molar refractivity (Wildman–Crippen MR) is 84.8 cm³/mol. The molecule has 0 atom stereocenters. The highest BCUT2D eigenvalue weighted by Gasteiger charge is 2.16. The summed E-state index contributed by atoms with van der Waals surface area (Å²) in [6.45, 7) is 0. The molecule has 0 amide bonds. The fourth-order valence-corrected chi connectivity index (χ4v) is 2.43. The van der Waals surface area contributed by atoms with E-state index in [9.17, 15) is 0 Å². The van der Waals surface area contributed by atoms with Crippen LogP contribution >= 0.6 is 0 Å². The Morgan fingerprint density at radius 1 is 1.10 bits per heavy atom. The minimum atomic E-state index is 0.398. The Kier molecular flexibility index (Phi) is 4.46. The van der Waals surface area contributed by atoms with Crippen LogP contribution in [0.15, 0.2) is 53.8 Å². The monoisotopic (exact) mass is 281 g/mol. The quantitative estimate of drug-likeness (QED) is 0.669. The summed E-state index contributed by atoms with van der Waals surface area (Å²) in [7, 11) is 0. The first-order valence-electron chi connectivity index (χ1n) is 7.37. The zero-order valence-electron chi connectivity index (χ0n) is 11.9. The highest BCUT2D eigenvalue weighted by atomic mass is 16.5. The first-order valence-corrected chi connectivity index (χ1v) is 7.37. The molecule has 1 aromatic carbocycles. The number of hydrogen-bond donors (Lipinski definition) is 1. The maximum Gasteiger partial charge on any atom is 0.146 e. The van der Waals surface area contributed by atoms with Crippen LogP contribution in [-0.4, -0.2) is 17.3 Å². The van der Waals surface area contributed by atoms with Crippen molar-refractivity contribution in [1.29, 1.82) is 0 Å². The Hall–Kier alpha value is -2.36. The van der Waals surface area contributed by atoms with Crippen molar-refractivity contribution in [3.63, 3.8) is 0 Å². The molecule has 1 N–H and O–H groups in total. The smallest absolute Gasteiger partial charge is 0.146 e. The summed E-state index contributed by atoms with van der Waals surface area (Å²) in [5.41, 5.74) is 3.92. The summed E-state index contributed by atoms with van der Waals surface area (Å²) < 4.78 is 5.93. The maximum atomic E-state index is 5.93. The van der Waals surface area contributed by atoms with E-state index in [4.69, 9.17) is 4.74 Å². The van der Waals surface area contributed by atoms with Gasteiger partial charge >= 0.3 is 0 Å². The van der Waals surface area contributed by atoms with Crippen molar-refractivity contribution in [3.05, 3.63) is 54.2 Å². The normalized spacial score (nSPS) is 15.4. The van der Waals surface area contributed by atoms with Crippen LogP contribution in [0.4, 0.5) is 5.82 Å². The molecule has 2 aromatic rings. The summed E-state index contributed by atoms with van der Waals surface area (Å²) in [6, 6.07) is 13.7. The molecule has 1 heterocycles. The van der Waals surface area contributed by atoms with Crippen molar-refractivity contribution < 1.29 is 4.74 Å². The molecule has 1 aromatic heterocycles. The van der Waals surface area contributed by atoms with Crippen molar-refractivity contribution in [2.75, 3.05) is 5.43 Å². The molecule has 1 saturated carbocycles. The molecule has 0 spiro atoms. The van der Waals surface area contributed by atoms with E-state index in [0.717, 1.165) is 17.1 Å². The Morgan fingerprint density at radius 2 is 1.90 bits per heavy atom. The Balaban J connectivity index is 1.54. The first kappa shape index (κ1) is 13.6. The first-order chi connectivity index (χ1) is 10.4. The van der Waals surface area contributed by atoms with Gasteiger partial charge in [0.25, 0.3) is 0 Å². The number of aromatic nitrogens is 1. The molecule has 0 radical (unpaired) electrons. The van der Waals surface area contributed by atoms with Crippen molar-refractivity contribution in [1.82, 2.24) is 4.98 Å². The van der Waals surface area contributed by atoms with Gasteiger partial charge in [-0.05, 0) is 67.6 Å². The third kappa shape index (κ3) is 4.05. The van der Waals surface area contributed by atoms with E-state index >= 15 is 0 Å².